The van der Waals surface area contributed by atoms with Gasteiger partial charge in [0, 0.05) is 0 Å². The zero-order chi connectivity index (χ0) is 11.2. The molecular formula is C11H23O2P. The van der Waals surface area contributed by atoms with Crippen LogP contribution in [0.2, 0.25) is 0 Å². The molecule has 1 atom stereocenters. The number of rotatable bonds is 6. The molecule has 0 fully saturated rings. The van der Waals surface area contributed by atoms with E-state index in [4.69, 9.17) is 4.52 Å². The summed E-state index contributed by atoms with van der Waals surface area (Å²) in [6.07, 6.45) is 3.81. The van der Waals surface area contributed by atoms with Crippen LogP contribution >= 0.6 is 9.47 Å². The summed E-state index contributed by atoms with van der Waals surface area (Å²) in [4.78, 5) is 11.8. The van der Waals surface area contributed by atoms with Gasteiger partial charge in [0.2, 0.25) is 0 Å². The number of hydrogen-bond acceptors (Lipinski definition) is 2. The summed E-state index contributed by atoms with van der Waals surface area (Å²) < 4.78 is 4.86. The second kappa shape index (κ2) is 6.40. The molecular weight excluding hydrogens is 195 g/mol. The van der Waals surface area contributed by atoms with Crippen LogP contribution in [0.3, 0.4) is 0 Å². The van der Waals surface area contributed by atoms with Crippen LogP contribution in [0.25, 0.3) is 0 Å². The van der Waals surface area contributed by atoms with Crippen LogP contribution in [0.4, 0.5) is 0 Å². The summed E-state index contributed by atoms with van der Waals surface area (Å²) >= 11 is 0. The first-order valence-electron chi connectivity index (χ1n) is 5.53. The van der Waals surface area contributed by atoms with E-state index < -0.39 is 0 Å². The largest absolute Gasteiger partial charge is 0.451 e. The van der Waals surface area contributed by atoms with E-state index >= 15 is 0 Å². The molecule has 0 amide bonds. The van der Waals surface area contributed by atoms with E-state index in [1.54, 1.807) is 0 Å². The number of carbonyl (C=O) groups is 1. The van der Waals surface area contributed by atoms with Crippen molar-refractivity contribution in [3.8, 4) is 0 Å². The average molecular weight is 218 g/mol. The Morgan fingerprint density at radius 3 is 1.86 bits per heavy atom. The van der Waals surface area contributed by atoms with Crippen molar-refractivity contribution < 1.29 is 9.32 Å². The Bertz CT molecular complexity index is 172. The second-order valence-electron chi connectivity index (χ2n) is 3.78. The van der Waals surface area contributed by atoms with Gasteiger partial charge in [0.25, 0.3) is 0 Å². The van der Waals surface area contributed by atoms with Crippen molar-refractivity contribution in [1.29, 1.82) is 0 Å². The first kappa shape index (κ1) is 13.9. The van der Waals surface area contributed by atoms with Crippen LogP contribution in [-0.2, 0) is 9.32 Å². The second-order valence-corrected chi connectivity index (χ2v) is 4.02. The molecule has 0 rings (SSSR count). The maximum absolute atomic E-state index is 11.8. The predicted molar refractivity (Wildman–Crippen MR) is 62.9 cm³/mol. The maximum Gasteiger partial charge on any atom is 0.314 e. The van der Waals surface area contributed by atoms with Gasteiger partial charge >= 0.3 is 5.97 Å². The molecule has 0 N–H and O–H groups in total. The quantitative estimate of drug-likeness (QED) is 0.637. The van der Waals surface area contributed by atoms with E-state index in [0.717, 1.165) is 25.7 Å². The third kappa shape index (κ3) is 2.48. The molecule has 0 aliphatic heterocycles. The lowest BCUT2D eigenvalue weighted by Gasteiger charge is -2.35. The SMILES string of the molecule is CCC(CC)C(CC)(CC)C(=O)OP. The number of hydrogen-bond donors (Lipinski definition) is 0. The van der Waals surface area contributed by atoms with E-state index in [9.17, 15) is 4.79 Å². The molecule has 0 heterocycles. The van der Waals surface area contributed by atoms with E-state index in [2.05, 4.69) is 37.2 Å². The standard InChI is InChI=1S/C11H23O2P/c1-5-9(6-2)11(7-3,8-4)10(12)13-14/h9H,5-8,14H2,1-4H3. The Morgan fingerprint density at radius 1 is 1.21 bits per heavy atom. The van der Waals surface area contributed by atoms with E-state index in [1.165, 1.54) is 0 Å². The van der Waals surface area contributed by atoms with Crippen molar-refractivity contribution in [3.05, 3.63) is 0 Å². The van der Waals surface area contributed by atoms with E-state index in [-0.39, 0.29) is 11.4 Å². The summed E-state index contributed by atoms with van der Waals surface area (Å²) in [6.45, 7) is 8.43. The Kier molecular flexibility index (Phi) is 6.35. The average Bonchev–Trinajstić information content (AvgIpc) is 2.25. The Morgan fingerprint density at radius 2 is 1.64 bits per heavy atom. The molecule has 1 unspecified atom stereocenters. The van der Waals surface area contributed by atoms with Crippen molar-refractivity contribution in [2.24, 2.45) is 11.3 Å². The fraction of sp³-hybridized carbons (Fsp3) is 0.909. The van der Waals surface area contributed by atoms with Gasteiger partial charge in [-0.25, -0.2) is 0 Å². The van der Waals surface area contributed by atoms with Gasteiger partial charge in [-0.1, -0.05) is 40.5 Å². The Hall–Kier alpha value is -0.100. The first-order chi connectivity index (χ1) is 6.62. The highest BCUT2D eigenvalue weighted by atomic mass is 31.0. The fourth-order valence-corrected chi connectivity index (χ4v) is 2.70. The topological polar surface area (TPSA) is 26.3 Å². The van der Waals surface area contributed by atoms with Crippen molar-refractivity contribution in [1.82, 2.24) is 0 Å². The molecule has 0 saturated carbocycles. The molecule has 0 aromatic rings. The van der Waals surface area contributed by atoms with Gasteiger partial charge in [0.15, 0.2) is 0 Å². The molecule has 2 nitrogen and oxygen atoms in total. The van der Waals surface area contributed by atoms with Gasteiger partial charge in [0.05, 0.1) is 14.9 Å². The van der Waals surface area contributed by atoms with Crippen LogP contribution in [0.15, 0.2) is 0 Å². The van der Waals surface area contributed by atoms with Gasteiger partial charge in [-0.2, -0.15) is 0 Å². The molecule has 0 spiro atoms. The highest BCUT2D eigenvalue weighted by Crippen LogP contribution is 2.40. The molecule has 0 aliphatic rings. The smallest absolute Gasteiger partial charge is 0.314 e. The van der Waals surface area contributed by atoms with Gasteiger partial charge in [-0.05, 0) is 18.8 Å². The van der Waals surface area contributed by atoms with Crippen molar-refractivity contribution in [2.45, 2.75) is 53.4 Å². The van der Waals surface area contributed by atoms with Gasteiger partial charge in [-0.3, -0.25) is 4.79 Å². The maximum atomic E-state index is 11.8. The molecule has 0 saturated heterocycles. The molecule has 0 aromatic carbocycles. The third-order valence-corrected chi connectivity index (χ3v) is 3.76. The highest BCUT2D eigenvalue weighted by molar-refractivity contribution is 7.10. The number of carbonyl (C=O) groups excluding carboxylic acids is 1. The lowest BCUT2D eigenvalue weighted by molar-refractivity contribution is -0.149. The normalized spacial score (nSPS) is 11.9. The van der Waals surface area contributed by atoms with E-state index in [0.29, 0.717) is 5.92 Å². The summed E-state index contributed by atoms with van der Waals surface area (Å²) in [7, 11) is 2.08. The predicted octanol–water partition coefficient (Wildman–Crippen LogP) is 3.56. The molecule has 3 heteroatoms. The zero-order valence-corrected chi connectivity index (χ0v) is 11.0. The van der Waals surface area contributed by atoms with Crippen LogP contribution in [0.5, 0.6) is 0 Å². The van der Waals surface area contributed by atoms with Crippen molar-refractivity contribution >= 4 is 15.4 Å². The summed E-state index contributed by atoms with van der Waals surface area (Å²) in [5.41, 5.74) is -0.273. The van der Waals surface area contributed by atoms with Crippen molar-refractivity contribution in [3.63, 3.8) is 0 Å². The minimum atomic E-state index is -0.273. The summed E-state index contributed by atoms with van der Waals surface area (Å²) in [6, 6.07) is 0. The monoisotopic (exact) mass is 218 g/mol. The molecule has 84 valence electrons. The minimum Gasteiger partial charge on any atom is -0.451 e. The summed E-state index contributed by atoms with van der Waals surface area (Å²) in [5.74, 6) is 0.367. The zero-order valence-electron chi connectivity index (χ0n) is 9.80. The molecule has 0 radical (unpaired) electrons. The minimum absolute atomic E-state index is 0.0683. The van der Waals surface area contributed by atoms with Crippen LogP contribution in [-0.4, -0.2) is 5.97 Å². The van der Waals surface area contributed by atoms with Gasteiger partial charge < -0.3 is 4.52 Å². The highest BCUT2D eigenvalue weighted by Gasteiger charge is 2.41. The van der Waals surface area contributed by atoms with Crippen LogP contribution in [0, 0.1) is 11.3 Å². The molecule has 14 heavy (non-hydrogen) atoms. The third-order valence-electron chi connectivity index (χ3n) is 3.54. The molecule has 0 bridgehead atoms. The lowest BCUT2D eigenvalue weighted by atomic mass is 9.69. The van der Waals surface area contributed by atoms with Crippen molar-refractivity contribution in [2.75, 3.05) is 0 Å². The Balaban J connectivity index is 4.93. The van der Waals surface area contributed by atoms with E-state index in [1.807, 2.05) is 0 Å². The molecule has 0 aromatic heterocycles. The first-order valence-corrected chi connectivity index (χ1v) is 6.01. The van der Waals surface area contributed by atoms with Gasteiger partial charge in [-0.15, -0.1) is 0 Å². The van der Waals surface area contributed by atoms with Crippen LogP contribution < -0.4 is 0 Å². The summed E-state index contributed by atoms with van der Waals surface area (Å²) in [5, 5.41) is 0. The van der Waals surface area contributed by atoms with Crippen LogP contribution in [0.1, 0.15) is 53.4 Å². The lowest BCUT2D eigenvalue weighted by Crippen LogP contribution is -2.37. The molecule has 0 aliphatic carbocycles. The Labute approximate surface area is 90.1 Å². The van der Waals surface area contributed by atoms with Gasteiger partial charge in [0.1, 0.15) is 0 Å². The fourth-order valence-electron chi connectivity index (χ4n) is 2.47.